The zero-order valence-electron chi connectivity index (χ0n) is 23.4. The molecule has 8 nitrogen and oxygen atoms in total. The summed E-state index contributed by atoms with van der Waals surface area (Å²) >= 11 is 0. The largest absolute Gasteiger partial charge is 0.396 e. The smallest absolute Gasteiger partial charge is 0.248 e. The van der Waals surface area contributed by atoms with E-state index in [9.17, 15) is 19.5 Å². The second-order valence-corrected chi connectivity index (χ2v) is 11.8. The fourth-order valence-corrected chi connectivity index (χ4v) is 7.74. The van der Waals surface area contributed by atoms with Gasteiger partial charge in [-0.1, -0.05) is 38.3 Å². The molecule has 5 atom stereocenters. The molecule has 4 fully saturated rings. The maximum atomic E-state index is 14.5. The first-order chi connectivity index (χ1) is 18.3. The highest BCUT2D eigenvalue weighted by molar-refractivity contribution is 5.99. The van der Waals surface area contributed by atoms with Gasteiger partial charge in [-0.15, -0.1) is 13.2 Å². The van der Waals surface area contributed by atoms with Gasteiger partial charge in [-0.25, -0.2) is 0 Å². The molecule has 1 saturated carbocycles. The number of nitrogens with zero attached hydrogens (tertiary/aromatic N) is 3. The quantitative estimate of drug-likeness (QED) is 0.292. The van der Waals surface area contributed by atoms with Gasteiger partial charge in [-0.2, -0.15) is 0 Å². The number of rotatable bonds is 13. The minimum Gasteiger partial charge on any atom is -0.396 e. The summed E-state index contributed by atoms with van der Waals surface area (Å²) in [5, 5.41) is 9.41. The third-order valence-electron chi connectivity index (χ3n) is 9.36. The molecule has 4 aliphatic rings. The number of hydrogen-bond donors (Lipinski definition) is 1. The van der Waals surface area contributed by atoms with Gasteiger partial charge >= 0.3 is 0 Å². The molecule has 212 valence electrons. The normalized spacial score (nSPS) is 32.3. The molecule has 1 spiro atoms. The van der Waals surface area contributed by atoms with E-state index in [0.29, 0.717) is 51.9 Å². The molecule has 38 heavy (non-hydrogen) atoms. The first-order valence-corrected chi connectivity index (χ1v) is 14.7. The van der Waals surface area contributed by atoms with Gasteiger partial charge in [0.1, 0.15) is 11.6 Å². The number of carbonyl (C=O) groups is 3. The summed E-state index contributed by atoms with van der Waals surface area (Å²) in [4.78, 5) is 48.2. The van der Waals surface area contributed by atoms with Crippen molar-refractivity contribution in [3.63, 3.8) is 0 Å². The summed E-state index contributed by atoms with van der Waals surface area (Å²) in [6.07, 6.45) is 11.9. The predicted molar refractivity (Wildman–Crippen MR) is 146 cm³/mol. The van der Waals surface area contributed by atoms with Crippen LogP contribution in [-0.2, 0) is 19.1 Å². The number of unbranched alkanes of at least 4 members (excludes halogenated alkanes) is 1. The summed E-state index contributed by atoms with van der Waals surface area (Å²) < 4.78 is 6.81. The minimum absolute atomic E-state index is 0.0308. The van der Waals surface area contributed by atoms with E-state index in [2.05, 4.69) is 13.2 Å². The molecule has 0 aromatic rings. The Balaban J connectivity index is 1.73. The van der Waals surface area contributed by atoms with Crippen LogP contribution in [0.15, 0.2) is 25.3 Å². The van der Waals surface area contributed by atoms with Crippen LogP contribution in [-0.4, -0.2) is 93.6 Å². The highest BCUT2D eigenvalue weighted by Crippen LogP contribution is 2.63. The molecule has 0 aromatic heterocycles. The van der Waals surface area contributed by atoms with Crippen molar-refractivity contribution >= 4 is 17.7 Å². The van der Waals surface area contributed by atoms with Gasteiger partial charge < -0.3 is 24.5 Å². The Labute approximate surface area is 228 Å². The van der Waals surface area contributed by atoms with Crippen molar-refractivity contribution in [2.24, 2.45) is 11.8 Å². The van der Waals surface area contributed by atoms with E-state index >= 15 is 0 Å². The minimum atomic E-state index is -1.01. The van der Waals surface area contributed by atoms with Gasteiger partial charge in [0.15, 0.2) is 0 Å². The lowest BCUT2D eigenvalue weighted by Crippen LogP contribution is -2.58. The van der Waals surface area contributed by atoms with Crippen LogP contribution in [0.1, 0.15) is 78.1 Å². The summed E-state index contributed by atoms with van der Waals surface area (Å²) in [6.45, 7) is 13.6. The van der Waals surface area contributed by atoms with Crippen molar-refractivity contribution < 1.29 is 24.2 Å². The number of carbonyl (C=O) groups excluding carboxylic acids is 3. The van der Waals surface area contributed by atoms with E-state index in [4.69, 9.17) is 4.74 Å². The fourth-order valence-electron chi connectivity index (χ4n) is 7.74. The van der Waals surface area contributed by atoms with Crippen molar-refractivity contribution in [1.82, 2.24) is 14.7 Å². The van der Waals surface area contributed by atoms with Crippen LogP contribution in [0.25, 0.3) is 0 Å². The number of aliphatic hydroxyl groups is 1. The van der Waals surface area contributed by atoms with E-state index in [-0.39, 0.29) is 30.4 Å². The zero-order valence-corrected chi connectivity index (χ0v) is 23.4. The third-order valence-corrected chi connectivity index (χ3v) is 9.36. The third kappa shape index (κ3) is 4.83. The van der Waals surface area contributed by atoms with E-state index in [0.717, 1.165) is 32.1 Å². The van der Waals surface area contributed by atoms with Crippen molar-refractivity contribution in [2.75, 3.05) is 32.8 Å². The Hall–Kier alpha value is -2.19. The van der Waals surface area contributed by atoms with Crippen LogP contribution in [0.4, 0.5) is 0 Å². The Kier molecular flexibility index (Phi) is 9.03. The van der Waals surface area contributed by atoms with Gasteiger partial charge in [-0.3, -0.25) is 14.4 Å². The van der Waals surface area contributed by atoms with Gasteiger partial charge in [0.25, 0.3) is 0 Å². The number of aliphatic hydroxyl groups excluding tert-OH is 1. The lowest BCUT2D eigenvalue weighted by Gasteiger charge is -2.40. The lowest BCUT2D eigenvalue weighted by atomic mass is 9.66. The second kappa shape index (κ2) is 11.9. The second-order valence-electron chi connectivity index (χ2n) is 11.8. The molecule has 3 heterocycles. The first kappa shape index (κ1) is 28.8. The Bertz CT molecular complexity index is 918. The van der Waals surface area contributed by atoms with Crippen LogP contribution < -0.4 is 0 Å². The zero-order chi connectivity index (χ0) is 27.5. The molecule has 0 aromatic carbocycles. The highest BCUT2D eigenvalue weighted by atomic mass is 16.5. The van der Waals surface area contributed by atoms with Gasteiger partial charge in [0, 0.05) is 38.8 Å². The summed E-state index contributed by atoms with van der Waals surface area (Å²) in [6, 6.07) is -0.641. The molecule has 3 amide bonds. The average molecular weight is 530 g/mol. The average Bonchev–Trinajstić information content (AvgIpc) is 3.48. The number of hydrogen-bond acceptors (Lipinski definition) is 5. The number of ether oxygens (including phenoxy) is 1. The van der Waals surface area contributed by atoms with E-state index < -0.39 is 29.1 Å². The van der Waals surface area contributed by atoms with Crippen molar-refractivity contribution in [3.8, 4) is 0 Å². The molecule has 3 saturated heterocycles. The lowest BCUT2D eigenvalue weighted by molar-refractivity contribution is -0.155. The van der Waals surface area contributed by atoms with E-state index in [1.54, 1.807) is 22.0 Å². The molecule has 2 unspecified atom stereocenters. The first-order valence-electron chi connectivity index (χ1n) is 14.7. The standard InChI is InChI=1S/C30H47N3O5/c1-5-17-31(18-6-2)26(35)23-24-27(36)33(20-11-12-21-34)25(30(24)16-15-29(23,4)38-30)28(37)32(19-7-3)22-13-9-8-10-14-22/h5,7,22-25,34H,1,3,6,8-21H2,2,4H3/t23-,24+,25?,29+,30?/m1/s1. The summed E-state index contributed by atoms with van der Waals surface area (Å²) in [7, 11) is 0. The van der Waals surface area contributed by atoms with Crippen LogP contribution in [0, 0.1) is 11.8 Å². The maximum absolute atomic E-state index is 14.5. The monoisotopic (exact) mass is 529 g/mol. The number of amides is 3. The van der Waals surface area contributed by atoms with E-state index in [1.807, 2.05) is 18.7 Å². The molecule has 1 N–H and O–H groups in total. The Morgan fingerprint density at radius 1 is 1.11 bits per heavy atom. The van der Waals surface area contributed by atoms with Crippen molar-refractivity contribution in [1.29, 1.82) is 0 Å². The van der Waals surface area contributed by atoms with Gasteiger partial charge in [0.05, 0.1) is 17.4 Å². The van der Waals surface area contributed by atoms with Gasteiger partial charge in [0.2, 0.25) is 17.7 Å². The molecule has 2 bridgehead atoms. The summed E-state index contributed by atoms with van der Waals surface area (Å²) in [5.74, 6) is -1.62. The highest BCUT2D eigenvalue weighted by Gasteiger charge is 2.78. The molecular weight excluding hydrogens is 482 g/mol. The van der Waals surface area contributed by atoms with E-state index in [1.165, 1.54) is 6.42 Å². The number of likely N-dealkylation sites (tertiary alicyclic amines) is 1. The molecule has 0 radical (unpaired) electrons. The molecule has 4 rings (SSSR count). The topological polar surface area (TPSA) is 90.4 Å². The predicted octanol–water partition coefficient (Wildman–Crippen LogP) is 3.30. The molecular formula is C30H47N3O5. The summed E-state index contributed by atoms with van der Waals surface area (Å²) in [5.41, 5.74) is -1.79. The van der Waals surface area contributed by atoms with Crippen molar-refractivity contribution in [2.45, 2.75) is 101 Å². The molecule has 8 heteroatoms. The van der Waals surface area contributed by atoms with Crippen LogP contribution >= 0.6 is 0 Å². The Morgan fingerprint density at radius 2 is 1.82 bits per heavy atom. The number of fused-ring (bicyclic) bond motifs is 1. The maximum Gasteiger partial charge on any atom is 0.248 e. The van der Waals surface area contributed by atoms with Crippen LogP contribution in [0.5, 0.6) is 0 Å². The van der Waals surface area contributed by atoms with Crippen LogP contribution in [0.2, 0.25) is 0 Å². The molecule has 1 aliphatic carbocycles. The Morgan fingerprint density at radius 3 is 2.45 bits per heavy atom. The fraction of sp³-hybridized carbons (Fsp3) is 0.767. The SMILES string of the molecule is C=CCN(CCC)C(=O)[C@H]1[C@H]2C(=O)N(CCCCO)C(C(=O)N(CC=C)C3CCCCC3)C23CC[C@]1(C)O3. The van der Waals surface area contributed by atoms with Crippen LogP contribution in [0.3, 0.4) is 0 Å². The van der Waals surface area contributed by atoms with Crippen molar-refractivity contribution in [3.05, 3.63) is 25.3 Å². The van der Waals surface area contributed by atoms with Gasteiger partial charge in [-0.05, 0) is 51.9 Å². The molecule has 3 aliphatic heterocycles.